The maximum absolute atomic E-state index is 13.0. The third kappa shape index (κ3) is 4.93. The fourth-order valence-electron chi connectivity index (χ4n) is 2.23. The van der Waals surface area contributed by atoms with E-state index in [1.165, 1.54) is 5.56 Å². The Bertz CT molecular complexity index is 477. The van der Waals surface area contributed by atoms with Gasteiger partial charge in [-0.2, -0.15) is 0 Å². The van der Waals surface area contributed by atoms with E-state index in [4.69, 9.17) is 0 Å². The van der Waals surface area contributed by atoms with Gasteiger partial charge in [0.2, 0.25) is 5.91 Å². The van der Waals surface area contributed by atoms with Gasteiger partial charge in [0.1, 0.15) is 0 Å². The van der Waals surface area contributed by atoms with E-state index in [2.05, 4.69) is 24.5 Å². The first-order chi connectivity index (χ1) is 9.37. The van der Waals surface area contributed by atoms with Crippen LogP contribution in [0.2, 0.25) is 0 Å². The molecule has 0 saturated carbocycles. The summed E-state index contributed by atoms with van der Waals surface area (Å²) < 4.78 is 26.0. The lowest BCUT2D eigenvalue weighted by molar-refractivity contribution is -0.123. The molecule has 0 aliphatic carbocycles. The molecule has 0 spiro atoms. The molecule has 1 amide bonds. The molecule has 1 heterocycles. The van der Waals surface area contributed by atoms with Gasteiger partial charge in [0.25, 0.3) is 5.92 Å². The smallest absolute Gasteiger partial charge is 0.262 e. The lowest BCUT2D eigenvalue weighted by Gasteiger charge is -2.12. The maximum Gasteiger partial charge on any atom is 0.262 e. The third-order valence-electron chi connectivity index (χ3n) is 3.54. The predicted molar refractivity (Wildman–Crippen MR) is 81.0 cm³/mol. The van der Waals surface area contributed by atoms with Crippen molar-refractivity contribution in [1.29, 1.82) is 0 Å². The Morgan fingerprint density at radius 3 is 2.48 bits per heavy atom. The molecular weight excluding hydrogens is 298 g/mol. The van der Waals surface area contributed by atoms with Crippen molar-refractivity contribution in [2.75, 3.05) is 6.54 Å². The molecule has 1 saturated heterocycles. The molecule has 6 heteroatoms. The first-order valence-corrected chi connectivity index (χ1v) is 6.85. The van der Waals surface area contributed by atoms with Crippen LogP contribution in [0, 0.1) is 0 Å². The SMILES string of the molecule is CC(C)c1ccc(CNC(=O)C2CC(F)(F)CN2)cc1.Cl. The Labute approximate surface area is 129 Å². The van der Waals surface area contributed by atoms with Crippen molar-refractivity contribution in [2.45, 2.75) is 44.7 Å². The van der Waals surface area contributed by atoms with E-state index in [0.29, 0.717) is 12.5 Å². The van der Waals surface area contributed by atoms with Crippen molar-refractivity contribution in [3.63, 3.8) is 0 Å². The number of alkyl halides is 2. The summed E-state index contributed by atoms with van der Waals surface area (Å²) in [6.07, 6.45) is -0.425. The van der Waals surface area contributed by atoms with E-state index in [-0.39, 0.29) is 18.3 Å². The zero-order valence-electron chi connectivity index (χ0n) is 12.2. The van der Waals surface area contributed by atoms with Crippen LogP contribution in [0.5, 0.6) is 0 Å². The number of amides is 1. The Morgan fingerprint density at radius 1 is 1.38 bits per heavy atom. The highest BCUT2D eigenvalue weighted by atomic mass is 35.5. The van der Waals surface area contributed by atoms with Gasteiger partial charge in [-0.25, -0.2) is 8.78 Å². The van der Waals surface area contributed by atoms with Gasteiger partial charge in [0, 0.05) is 13.0 Å². The molecule has 0 aromatic heterocycles. The molecule has 0 bridgehead atoms. The summed E-state index contributed by atoms with van der Waals surface area (Å²) in [7, 11) is 0. The van der Waals surface area contributed by atoms with Gasteiger partial charge in [-0.15, -0.1) is 12.4 Å². The van der Waals surface area contributed by atoms with E-state index < -0.39 is 24.9 Å². The van der Waals surface area contributed by atoms with Crippen LogP contribution in [0.3, 0.4) is 0 Å². The summed E-state index contributed by atoms with van der Waals surface area (Å²) in [5.41, 5.74) is 2.20. The zero-order valence-corrected chi connectivity index (χ0v) is 13.0. The number of hydrogen-bond acceptors (Lipinski definition) is 2. The lowest BCUT2D eigenvalue weighted by Crippen LogP contribution is -2.40. The average molecular weight is 319 g/mol. The van der Waals surface area contributed by atoms with Crippen molar-refractivity contribution >= 4 is 18.3 Å². The summed E-state index contributed by atoms with van der Waals surface area (Å²) in [6, 6.07) is 7.15. The minimum Gasteiger partial charge on any atom is -0.351 e. The Balaban J connectivity index is 0.00000220. The summed E-state index contributed by atoms with van der Waals surface area (Å²) >= 11 is 0. The normalized spacial score (nSPS) is 20.1. The predicted octanol–water partition coefficient (Wildman–Crippen LogP) is 2.85. The van der Waals surface area contributed by atoms with Crippen molar-refractivity contribution in [3.8, 4) is 0 Å². The summed E-state index contributed by atoms with van der Waals surface area (Å²) in [4.78, 5) is 11.8. The molecule has 1 fully saturated rings. The second-order valence-electron chi connectivity index (χ2n) is 5.61. The molecule has 1 aromatic carbocycles. The quantitative estimate of drug-likeness (QED) is 0.896. The van der Waals surface area contributed by atoms with Crippen LogP contribution >= 0.6 is 12.4 Å². The number of carbonyl (C=O) groups is 1. The van der Waals surface area contributed by atoms with Crippen LogP contribution < -0.4 is 10.6 Å². The van der Waals surface area contributed by atoms with E-state index in [0.717, 1.165) is 5.56 Å². The van der Waals surface area contributed by atoms with Gasteiger partial charge in [-0.1, -0.05) is 38.1 Å². The van der Waals surface area contributed by atoms with Crippen LogP contribution in [0.25, 0.3) is 0 Å². The third-order valence-corrected chi connectivity index (χ3v) is 3.54. The highest BCUT2D eigenvalue weighted by Crippen LogP contribution is 2.25. The fraction of sp³-hybridized carbons (Fsp3) is 0.533. The Hall–Kier alpha value is -1.20. The first-order valence-electron chi connectivity index (χ1n) is 6.85. The largest absolute Gasteiger partial charge is 0.351 e. The average Bonchev–Trinajstić information content (AvgIpc) is 2.77. The number of halogens is 3. The Morgan fingerprint density at radius 2 is 2.00 bits per heavy atom. The van der Waals surface area contributed by atoms with Crippen LogP contribution in [0.4, 0.5) is 8.78 Å². The molecule has 3 nitrogen and oxygen atoms in total. The minimum absolute atomic E-state index is 0. The standard InChI is InChI=1S/C15H20F2N2O.ClH/c1-10(2)12-5-3-11(4-6-12)8-18-14(20)13-7-15(16,17)9-19-13;/h3-6,10,13,19H,7-9H2,1-2H3,(H,18,20);1H. The molecule has 1 unspecified atom stereocenters. The van der Waals surface area contributed by atoms with Gasteiger partial charge < -0.3 is 5.32 Å². The topological polar surface area (TPSA) is 41.1 Å². The van der Waals surface area contributed by atoms with Crippen molar-refractivity contribution in [3.05, 3.63) is 35.4 Å². The highest BCUT2D eigenvalue weighted by Gasteiger charge is 2.42. The van der Waals surface area contributed by atoms with Crippen LogP contribution in [0.1, 0.15) is 37.3 Å². The highest BCUT2D eigenvalue weighted by molar-refractivity contribution is 5.85. The van der Waals surface area contributed by atoms with Crippen molar-refractivity contribution in [2.24, 2.45) is 0 Å². The number of benzene rings is 1. The second-order valence-corrected chi connectivity index (χ2v) is 5.61. The first kappa shape index (κ1) is 17.9. The van der Waals surface area contributed by atoms with E-state index in [9.17, 15) is 13.6 Å². The van der Waals surface area contributed by atoms with Crippen LogP contribution in [-0.4, -0.2) is 24.4 Å². The summed E-state index contributed by atoms with van der Waals surface area (Å²) in [5, 5.41) is 5.24. The molecule has 2 N–H and O–H groups in total. The maximum atomic E-state index is 13.0. The number of rotatable bonds is 4. The van der Waals surface area contributed by atoms with Gasteiger partial charge in [-0.05, 0) is 17.0 Å². The van der Waals surface area contributed by atoms with Crippen LogP contribution in [-0.2, 0) is 11.3 Å². The van der Waals surface area contributed by atoms with E-state index in [1.807, 2.05) is 24.3 Å². The molecular formula is C15H21ClF2N2O. The van der Waals surface area contributed by atoms with Gasteiger partial charge in [0.15, 0.2) is 0 Å². The molecule has 21 heavy (non-hydrogen) atoms. The zero-order chi connectivity index (χ0) is 14.8. The monoisotopic (exact) mass is 318 g/mol. The van der Waals surface area contributed by atoms with Gasteiger partial charge in [0.05, 0.1) is 12.6 Å². The Kier molecular flexibility index (Phi) is 6.10. The molecule has 2 rings (SSSR count). The number of carbonyl (C=O) groups excluding carboxylic acids is 1. The van der Waals surface area contributed by atoms with E-state index in [1.54, 1.807) is 0 Å². The summed E-state index contributed by atoms with van der Waals surface area (Å²) in [6.45, 7) is 4.17. The number of hydrogen-bond donors (Lipinski definition) is 2. The van der Waals surface area contributed by atoms with Crippen molar-refractivity contribution in [1.82, 2.24) is 10.6 Å². The summed E-state index contributed by atoms with van der Waals surface area (Å²) in [5.74, 6) is -2.68. The number of nitrogens with one attached hydrogen (secondary N) is 2. The molecule has 1 aliphatic rings. The molecule has 1 aromatic rings. The van der Waals surface area contributed by atoms with Gasteiger partial charge in [-0.3, -0.25) is 10.1 Å². The molecule has 118 valence electrons. The molecule has 0 radical (unpaired) electrons. The fourth-order valence-corrected chi connectivity index (χ4v) is 2.23. The minimum atomic E-state index is -2.78. The van der Waals surface area contributed by atoms with Gasteiger partial charge >= 0.3 is 0 Å². The van der Waals surface area contributed by atoms with Crippen LogP contribution in [0.15, 0.2) is 24.3 Å². The molecule has 1 aliphatic heterocycles. The second kappa shape index (κ2) is 7.18. The van der Waals surface area contributed by atoms with E-state index >= 15 is 0 Å². The van der Waals surface area contributed by atoms with Crippen molar-refractivity contribution < 1.29 is 13.6 Å². The molecule has 1 atom stereocenters. The lowest BCUT2D eigenvalue weighted by atomic mass is 10.0.